The number of ether oxygens (including phenoxy) is 1. The lowest BCUT2D eigenvalue weighted by Crippen LogP contribution is -2.44. The highest BCUT2D eigenvalue weighted by molar-refractivity contribution is 5.77. The van der Waals surface area contributed by atoms with Crippen LogP contribution in [0, 0.1) is 28.6 Å². The fourth-order valence-electron chi connectivity index (χ4n) is 5.58. The third kappa shape index (κ3) is 0.937. The first-order valence-corrected chi connectivity index (χ1v) is 6.93. The van der Waals surface area contributed by atoms with Crippen LogP contribution in [0.1, 0.15) is 39.5 Å². The van der Waals surface area contributed by atoms with E-state index in [2.05, 4.69) is 19.9 Å². The maximum absolute atomic E-state index is 12.1. The number of cyclic esters (lactones) is 1. The van der Waals surface area contributed by atoms with Crippen LogP contribution in [-0.4, -0.2) is 12.6 Å². The van der Waals surface area contributed by atoms with E-state index >= 15 is 0 Å². The molecule has 92 valence electrons. The predicted molar refractivity (Wildman–Crippen MR) is 64.2 cm³/mol. The van der Waals surface area contributed by atoms with E-state index < -0.39 is 0 Å². The molecule has 3 aliphatic carbocycles. The summed E-state index contributed by atoms with van der Waals surface area (Å²) in [7, 11) is 0. The molecule has 2 saturated carbocycles. The van der Waals surface area contributed by atoms with E-state index in [4.69, 9.17) is 4.74 Å². The zero-order valence-corrected chi connectivity index (χ0v) is 10.7. The molecule has 17 heavy (non-hydrogen) atoms. The van der Waals surface area contributed by atoms with E-state index in [9.17, 15) is 4.79 Å². The van der Waals surface area contributed by atoms with Crippen LogP contribution in [0.4, 0.5) is 0 Å². The van der Waals surface area contributed by atoms with Crippen LogP contribution >= 0.6 is 0 Å². The van der Waals surface area contributed by atoms with Crippen LogP contribution in [0.2, 0.25) is 0 Å². The van der Waals surface area contributed by atoms with E-state index in [1.165, 1.54) is 24.8 Å². The summed E-state index contributed by atoms with van der Waals surface area (Å²) in [5.41, 5.74) is 2.08. The minimum atomic E-state index is 0.0861. The van der Waals surface area contributed by atoms with Gasteiger partial charge in [-0.05, 0) is 48.5 Å². The summed E-state index contributed by atoms with van der Waals surface area (Å²) in [4.78, 5) is 12.1. The molecule has 1 spiro atoms. The van der Waals surface area contributed by atoms with Gasteiger partial charge in [0.1, 0.15) is 6.61 Å². The van der Waals surface area contributed by atoms with Gasteiger partial charge in [-0.2, -0.15) is 0 Å². The molecular weight excluding hydrogens is 212 g/mol. The first-order chi connectivity index (χ1) is 8.07. The standard InChI is InChI=1S/C15H20O2/c1-14(2)9-3-4-10-8-17-13(16)11-5-6-12(14)15(10,11)7-9/h4,9,11-12H,3,5-8H2,1-2H3/t9-,11+,12+,15-/m1/s1. The van der Waals surface area contributed by atoms with Crippen molar-refractivity contribution in [3.63, 3.8) is 0 Å². The van der Waals surface area contributed by atoms with Crippen LogP contribution in [-0.2, 0) is 9.53 Å². The van der Waals surface area contributed by atoms with Gasteiger partial charge >= 0.3 is 5.97 Å². The average Bonchev–Trinajstić information content (AvgIpc) is 2.74. The molecule has 2 nitrogen and oxygen atoms in total. The second kappa shape index (κ2) is 2.78. The summed E-state index contributed by atoms with van der Waals surface area (Å²) in [5, 5.41) is 0. The van der Waals surface area contributed by atoms with E-state index in [0.29, 0.717) is 17.9 Å². The maximum atomic E-state index is 12.1. The molecule has 0 radical (unpaired) electrons. The van der Waals surface area contributed by atoms with Gasteiger partial charge in [-0.3, -0.25) is 4.79 Å². The van der Waals surface area contributed by atoms with Crippen LogP contribution < -0.4 is 0 Å². The Morgan fingerprint density at radius 3 is 3.00 bits per heavy atom. The summed E-state index contributed by atoms with van der Waals surface area (Å²) in [6, 6.07) is 0. The monoisotopic (exact) mass is 232 g/mol. The Kier molecular flexibility index (Phi) is 1.66. The SMILES string of the molecule is CC1(C)[C@@H]2CC=C3COC(=O)[C@@H]4CC[C@@H]1[C@]34C2. The van der Waals surface area contributed by atoms with Crippen molar-refractivity contribution >= 4 is 5.97 Å². The van der Waals surface area contributed by atoms with E-state index in [1.54, 1.807) is 0 Å². The normalized spacial score (nSPS) is 49.6. The van der Waals surface area contributed by atoms with Gasteiger partial charge in [0.15, 0.2) is 0 Å². The number of esters is 1. The molecule has 0 aromatic carbocycles. The number of hydrogen-bond donors (Lipinski definition) is 0. The molecule has 0 aromatic heterocycles. The number of hydrogen-bond acceptors (Lipinski definition) is 2. The quantitative estimate of drug-likeness (QED) is 0.474. The fraction of sp³-hybridized carbons (Fsp3) is 0.800. The molecule has 1 heterocycles. The Bertz CT molecular complexity index is 434. The molecule has 4 aliphatic rings. The van der Waals surface area contributed by atoms with Gasteiger partial charge in [-0.15, -0.1) is 0 Å². The molecule has 4 atom stereocenters. The first-order valence-electron chi connectivity index (χ1n) is 6.93. The van der Waals surface area contributed by atoms with Crippen molar-refractivity contribution in [2.45, 2.75) is 39.5 Å². The Morgan fingerprint density at radius 2 is 2.18 bits per heavy atom. The smallest absolute Gasteiger partial charge is 0.310 e. The van der Waals surface area contributed by atoms with Crippen LogP contribution in [0.3, 0.4) is 0 Å². The molecule has 2 heteroatoms. The number of allylic oxidation sites excluding steroid dienone is 1. The summed E-state index contributed by atoms with van der Waals surface area (Å²) in [6.45, 7) is 5.43. The van der Waals surface area contributed by atoms with Crippen molar-refractivity contribution in [1.82, 2.24) is 0 Å². The molecule has 0 unspecified atom stereocenters. The zero-order chi connectivity index (χ0) is 11.8. The second-order valence-electron chi connectivity index (χ2n) is 7.02. The van der Waals surface area contributed by atoms with Gasteiger partial charge in [0, 0.05) is 5.41 Å². The van der Waals surface area contributed by atoms with Crippen molar-refractivity contribution < 1.29 is 9.53 Å². The highest BCUT2D eigenvalue weighted by Gasteiger charge is 2.68. The summed E-state index contributed by atoms with van der Waals surface area (Å²) in [6.07, 6.45) is 7.12. The predicted octanol–water partition coefficient (Wildman–Crippen LogP) is 2.93. The molecule has 4 rings (SSSR count). The highest BCUT2D eigenvalue weighted by Crippen LogP contribution is 2.72. The maximum Gasteiger partial charge on any atom is 0.310 e. The summed E-state index contributed by atoms with van der Waals surface area (Å²) < 4.78 is 5.38. The van der Waals surface area contributed by atoms with Crippen molar-refractivity contribution in [2.24, 2.45) is 28.6 Å². The topological polar surface area (TPSA) is 26.3 Å². The van der Waals surface area contributed by atoms with Crippen molar-refractivity contribution in [3.8, 4) is 0 Å². The lowest BCUT2D eigenvalue weighted by atomic mass is 9.64. The zero-order valence-electron chi connectivity index (χ0n) is 10.7. The number of rotatable bonds is 0. The largest absolute Gasteiger partial charge is 0.461 e. The van der Waals surface area contributed by atoms with E-state index in [0.717, 1.165) is 12.3 Å². The fourth-order valence-corrected chi connectivity index (χ4v) is 5.58. The molecule has 1 saturated heterocycles. The minimum absolute atomic E-state index is 0.0861. The number of fused-ring (bicyclic) bond motifs is 1. The average molecular weight is 232 g/mol. The Balaban J connectivity index is 1.92. The van der Waals surface area contributed by atoms with Crippen molar-refractivity contribution in [1.29, 1.82) is 0 Å². The van der Waals surface area contributed by atoms with E-state index in [-0.39, 0.29) is 17.3 Å². The summed E-state index contributed by atoms with van der Waals surface area (Å²) in [5.74, 6) is 1.76. The molecule has 0 aromatic rings. The Morgan fingerprint density at radius 1 is 1.35 bits per heavy atom. The molecular formula is C15H20O2. The second-order valence-corrected chi connectivity index (χ2v) is 7.02. The van der Waals surface area contributed by atoms with Crippen molar-refractivity contribution in [3.05, 3.63) is 11.6 Å². The molecule has 3 fully saturated rings. The molecule has 0 N–H and O–H groups in total. The molecule has 0 amide bonds. The first kappa shape index (κ1) is 10.2. The molecule has 2 bridgehead atoms. The van der Waals surface area contributed by atoms with E-state index in [1.807, 2.05) is 0 Å². The van der Waals surface area contributed by atoms with Gasteiger partial charge in [0.25, 0.3) is 0 Å². The number of carbonyl (C=O) groups is 1. The molecule has 1 aliphatic heterocycles. The summed E-state index contributed by atoms with van der Waals surface area (Å²) >= 11 is 0. The van der Waals surface area contributed by atoms with Crippen LogP contribution in [0.25, 0.3) is 0 Å². The third-order valence-electron chi connectivity index (χ3n) is 6.42. The highest BCUT2D eigenvalue weighted by atomic mass is 16.5. The van der Waals surface area contributed by atoms with Gasteiger partial charge < -0.3 is 4.74 Å². The van der Waals surface area contributed by atoms with Gasteiger partial charge in [-0.1, -0.05) is 19.9 Å². The Hall–Kier alpha value is -0.790. The Labute approximate surface area is 102 Å². The van der Waals surface area contributed by atoms with Crippen LogP contribution in [0.5, 0.6) is 0 Å². The van der Waals surface area contributed by atoms with Crippen molar-refractivity contribution in [2.75, 3.05) is 6.61 Å². The lowest BCUT2D eigenvalue weighted by molar-refractivity contribution is -0.156. The number of carbonyl (C=O) groups excluding carboxylic acids is 1. The van der Waals surface area contributed by atoms with Crippen LogP contribution in [0.15, 0.2) is 11.6 Å². The van der Waals surface area contributed by atoms with Gasteiger partial charge in [0.2, 0.25) is 0 Å². The third-order valence-corrected chi connectivity index (χ3v) is 6.42. The van der Waals surface area contributed by atoms with Gasteiger partial charge in [0.05, 0.1) is 5.92 Å². The van der Waals surface area contributed by atoms with Gasteiger partial charge in [-0.25, -0.2) is 0 Å². The lowest BCUT2D eigenvalue weighted by Gasteiger charge is -2.43. The minimum Gasteiger partial charge on any atom is -0.461 e.